The number of fused-ring (bicyclic) bond motifs is 1. The van der Waals surface area contributed by atoms with Crippen molar-refractivity contribution in [1.29, 1.82) is 0 Å². The normalized spacial score (nSPS) is 14.0. The molecule has 61 heavy (non-hydrogen) atoms. The summed E-state index contributed by atoms with van der Waals surface area (Å²) in [7, 11) is 0. The van der Waals surface area contributed by atoms with Crippen LogP contribution in [0.5, 0.6) is 5.75 Å². The lowest BCUT2D eigenvalue weighted by Crippen LogP contribution is -2.17. The molecule has 2 heterocycles. The van der Waals surface area contributed by atoms with Crippen molar-refractivity contribution in [3.63, 3.8) is 0 Å². The molecule has 0 aliphatic carbocycles. The van der Waals surface area contributed by atoms with Gasteiger partial charge >= 0.3 is 0 Å². The molecule has 0 radical (unpaired) electrons. The van der Waals surface area contributed by atoms with Gasteiger partial charge in [0.2, 0.25) is 0 Å². The summed E-state index contributed by atoms with van der Waals surface area (Å²) >= 11 is 0. The maximum Gasteiger partial charge on any atom is 0.149 e. The Balaban J connectivity index is 1.43. The molecule has 6 aromatic carbocycles. The van der Waals surface area contributed by atoms with Gasteiger partial charge in [-0.2, -0.15) is 0 Å². The maximum absolute atomic E-state index is 12.5. The number of hydrogen-bond donors (Lipinski definition) is 1. The third kappa shape index (κ3) is 8.16. The predicted octanol–water partition coefficient (Wildman–Crippen LogP) is 15.5. The molecule has 0 spiro atoms. The van der Waals surface area contributed by atoms with Crippen LogP contribution in [0.3, 0.4) is 0 Å². The first-order valence-corrected chi connectivity index (χ1v) is 21.1. The van der Waals surface area contributed by atoms with Crippen LogP contribution >= 0.6 is 0 Å². The Hall–Kier alpha value is -6.26. The zero-order valence-electron chi connectivity index (χ0n) is 43.3. The van der Waals surface area contributed by atoms with Gasteiger partial charge in [0.15, 0.2) is 0 Å². The molecule has 4 heteroatoms. The van der Waals surface area contributed by atoms with Gasteiger partial charge in [0.05, 0.1) is 29.1 Å². The lowest BCUT2D eigenvalue weighted by Gasteiger charge is -2.27. The molecule has 0 fully saturated rings. The molecule has 0 unspecified atom stereocenters. The minimum absolute atomic E-state index is 0.117. The lowest BCUT2D eigenvalue weighted by molar-refractivity contribution is 0.446. The van der Waals surface area contributed by atoms with Gasteiger partial charge in [0, 0.05) is 29.9 Å². The number of phenols is 1. The molecule has 8 rings (SSSR count). The largest absolute Gasteiger partial charge is 0.507 e. The Morgan fingerprint density at radius 3 is 1.95 bits per heavy atom. The van der Waals surface area contributed by atoms with E-state index in [1.165, 1.54) is 0 Å². The van der Waals surface area contributed by atoms with Gasteiger partial charge in [0.1, 0.15) is 11.6 Å². The summed E-state index contributed by atoms with van der Waals surface area (Å²) in [6.07, 6.45) is 1.61. The van der Waals surface area contributed by atoms with E-state index in [1.807, 2.05) is 38.1 Å². The standard InChI is InChI=1S/C57H59N3O/c1-36(2)47-35-44(25-26-45(47)38-21-16-13-17-22-38)60-51-24-18-23-46(52(51)59-54(60)48-33-43(56(6,7)8)34-49(53(48)61)57(9,10)11)40-29-41(31-42(30-40)55(3,4)5)50-32-39(27-28-58-50)37-19-14-12-15-20-37/h12-36,61H,1-11H3/i12D,14D,15D,19D,20D,36D. The van der Waals surface area contributed by atoms with Gasteiger partial charge in [-0.25, -0.2) is 4.98 Å². The van der Waals surface area contributed by atoms with Crippen molar-refractivity contribution in [3.05, 3.63) is 168 Å². The highest BCUT2D eigenvalue weighted by Gasteiger charge is 2.29. The van der Waals surface area contributed by atoms with Crippen molar-refractivity contribution in [3.8, 4) is 67.5 Å². The topological polar surface area (TPSA) is 50.9 Å². The van der Waals surface area contributed by atoms with Gasteiger partial charge in [-0.05, 0) is 115 Å². The van der Waals surface area contributed by atoms with Crippen molar-refractivity contribution in [1.82, 2.24) is 14.5 Å². The van der Waals surface area contributed by atoms with E-state index in [9.17, 15) is 6.48 Å². The third-order valence-corrected chi connectivity index (χ3v) is 11.5. The molecule has 4 nitrogen and oxygen atoms in total. The summed E-state index contributed by atoms with van der Waals surface area (Å²) in [4.78, 5) is 10.3. The Morgan fingerprint density at radius 2 is 1.28 bits per heavy atom. The minimum atomic E-state index is -0.964. The number of pyridine rings is 1. The molecule has 8 aromatic rings. The van der Waals surface area contributed by atoms with Gasteiger partial charge in [-0.3, -0.25) is 9.55 Å². The second-order valence-electron chi connectivity index (χ2n) is 19.4. The smallest absolute Gasteiger partial charge is 0.149 e. The molecule has 0 aliphatic rings. The number of rotatable bonds is 7. The van der Waals surface area contributed by atoms with Crippen molar-refractivity contribution in [2.45, 2.75) is 98.3 Å². The van der Waals surface area contributed by atoms with Crippen LogP contribution in [-0.2, 0) is 16.2 Å². The molecule has 0 bridgehead atoms. The minimum Gasteiger partial charge on any atom is -0.507 e. The predicted molar refractivity (Wildman–Crippen MR) is 258 cm³/mol. The molecule has 0 saturated carbocycles. The quantitative estimate of drug-likeness (QED) is 0.174. The van der Waals surface area contributed by atoms with Crippen LogP contribution in [-0.4, -0.2) is 19.6 Å². The number of nitrogens with zero attached hydrogens (tertiary/aromatic N) is 3. The first-order chi connectivity index (χ1) is 31.3. The van der Waals surface area contributed by atoms with Crippen molar-refractivity contribution < 1.29 is 13.3 Å². The number of aromatic hydroxyl groups is 1. The van der Waals surface area contributed by atoms with Crippen LogP contribution in [0.1, 0.15) is 113 Å². The van der Waals surface area contributed by atoms with E-state index in [1.54, 1.807) is 18.3 Å². The van der Waals surface area contributed by atoms with Gasteiger partial charge in [-0.15, -0.1) is 0 Å². The highest BCUT2D eigenvalue weighted by atomic mass is 16.3. The number of aromatic nitrogens is 3. The average Bonchev–Trinajstić information content (AvgIpc) is 3.66. The zero-order chi connectivity index (χ0) is 48.7. The zero-order valence-corrected chi connectivity index (χ0v) is 37.3. The van der Waals surface area contributed by atoms with Crippen molar-refractivity contribution >= 4 is 11.0 Å². The van der Waals surface area contributed by atoms with E-state index in [4.69, 9.17) is 16.8 Å². The average molecular weight is 808 g/mol. The number of hydrogen-bond acceptors (Lipinski definition) is 3. The summed E-state index contributed by atoms with van der Waals surface area (Å²) in [5.41, 5.74) is 11.5. The highest BCUT2D eigenvalue weighted by Crippen LogP contribution is 2.45. The first kappa shape index (κ1) is 34.5. The van der Waals surface area contributed by atoms with E-state index in [-0.39, 0.29) is 39.6 Å². The number of imidazole rings is 1. The van der Waals surface area contributed by atoms with E-state index in [0.717, 1.165) is 61.3 Å². The fraction of sp³-hybridized carbons (Fsp3) is 0.263. The van der Waals surface area contributed by atoms with E-state index >= 15 is 0 Å². The Kier molecular flexibility index (Phi) is 8.84. The van der Waals surface area contributed by atoms with Crippen molar-refractivity contribution in [2.24, 2.45) is 0 Å². The molecule has 308 valence electrons. The van der Waals surface area contributed by atoms with Crippen LogP contribution in [0, 0.1) is 0 Å². The number of para-hydroxylation sites is 1. The summed E-state index contributed by atoms with van der Waals surface area (Å²) in [5.74, 6) is -0.227. The molecule has 0 atom stereocenters. The Bertz CT molecular complexity index is 3210. The molecular formula is C57H59N3O. The first-order valence-electron chi connectivity index (χ1n) is 24.1. The lowest BCUT2D eigenvalue weighted by atomic mass is 9.79. The highest BCUT2D eigenvalue weighted by molar-refractivity contribution is 5.97. The van der Waals surface area contributed by atoms with E-state index < -0.39 is 24.0 Å². The molecule has 0 amide bonds. The van der Waals surface area contributed by atoms with Crippen LogP contribution in [0.4, 0.5) is 0 Å². The fourth-order valence-corrected chi connectivity index (χ4v) is 8.04. The van der Waals surface area contributed by atoms with Crippen LogP contribution < -0.4 is 0 Å². The fourth-order valence-electron chi connectivity index (χ4n) is 8.04. The molecule has 1 N–H and O–H groups in total. The number of phenolic OH excluding ortho intramolecular Hbond substituents is 1. The molecule has 2 aromatic heterocycles. The van der Waals surface area contributed by atoms with Crippen LogP contribution in [0.25, 0.3) is 72.7 Å². The second-order valence-corrected chi connectivity index (χ2v) is 19.4. The summed E-state index contributed by atoms with van der Waals surface area (Å²) < 4.78 is 53.7. The Morgan fingerprint density at radius 1 is 0.590 bits per heavy atom. The van der Waals surface area contributed by atoms with E-state index in [2.05, 4.69) is 140 Å². The summed E-state index contributed by atoms with van der Waals surface area (Å²) in [6.45, 7) is 23.1. The maximum atomic E-state index is 12.5. The second kappa shape index (κ2) is 15.6. The third-order valence-electron chi connectivity index (χ3n) is 11.5. The number of benzene rings is 6. The van der Waals surface area contributed by atoms with Crippen LogP contribution in [0.2, 0.25) is 0 Å². The van der Waals surface area contributed by atoms with Gasteiger partial charge < -0.3 is 5.11 Å². The van der Waals surface area contributed by atoms with Crippen molar-refractivity contribution in [2.75, 3.05) is 0 Å². The summed E-state index contributed by atoms with van der Waals surface area (Å²) in [5, 5.41) is 12.5. The molecule has 0 saturated heterocycles. The molecule has 0 aliphatic heterocycles. The summed E-state index contributed by atoms with van der Waals surface area (Å²) in [6, 6.07) is 34.8. The SMILES string of the molecule is [2H]c1c([2H])c([2H])c(-c2ccnc(-c3cc(-c4cccc5c4nc(-c4cc(C(C)(C)C)cc(C(C)(C)C)c4O)n5-c4ccc(-c5ccccc5)c(C([2H])(C)C)c4)cc(C(C)(C)C)c3)c2)c([2H])c1[2H]. The Labute approximate surface area is 371 Å². The van der Waals surface area contributed by atoms with Crippen LogP contribution in [0.15, 0.2) is 146 Å². The van der Waals surface area contributed by atoms with Gasteiger partial charge in [-0.1, -0.05) is 167 Å². The molecular weight excluding hydrogens is 743 g/mol. The van der Waals surface area contributed by atoms with Gasteiger partial charge in [0.25, 0.3) is 0 Å². The van der Waals surface area contributed by atoms with E-state index in [0.29, 0.717) is 28.2 Å². The monoisotopic (exact) mass is 808 g/mol.